The van der Waals surface area contributed by atoms with Crippen molar-refractivity contribution >= 4 is 16.9 Å². The van der Waals surface area contributed by atoms with E-state index in [1.165, 1.54) is 0 Å². The summed E-state index contributed by atoms with van der Waals surface area (Å²) >= 11 is 0. The fourth-order valence-corrected chi connectivity index (χ4v) is 3.08. The number of amides is 1. The van der Waals surface area contributed by atoms with Crippen LogP contribution in [0.15, 0.2) is 48.8 Å². The number of carbonyl (C=O) groups excluding carboxylic acids is 1. The first-order chi connectivity index (χ1) is 12.0. The Morgan fingerprint density at radius 2 is 1.72 bits per heavy atom. The number of para-hydroxylation sites is 2. The lowest BCUT2D eigenvalue weighted by molar-refractivity contribution is 0.0921. The number of hydrogen-bond donors (Lipinski definition) is 1. The lowest BCUT2D eigenvalue weighted by atomic mass is 10.0. The molecule has 0 aliphatic rings. The molecule has 0 unspecified atom stereocenters. The molecule has 0 spiro atoms. The molecule has 3 aromatic rings. The predicted molar refractivity (Wildman–Crippen MR) is 99.4 cm³/mol. The first-order valence-electron chi connectivity index (χ1n) is 8.66. The molecule has 0 fully saturated rings. The molecule has 5 heteroatoms. The minimum absolute atomic E-state index is 0.108. The summed E-state index contributed by atoms with van der Waals surface area (Å²) in [6, 6.07) is 11.6. The zero-order valence-corrected chi connectivity index (χ0v) is 15.1. The van der Waals surface area contributed by atoms with Crippen LogP contribution >= 0.6 is 0 Å². The van der Waals surface area contributed by atoms with Crippen LogP contribution in [-0.2, 0) is 0 Å². The van der Waals surface area contributed by atoms with Gasteiger partial charge in [-0.3, -0.25) is 9.78 Å². The van der Waals surface area contributed by atoms with Crippen LogP contribution in [0.1, 0.15) is 56.0 Å². The zero-order valence-electron chi connectivity index (χ0n) is 15.1. The molecule has 1 atom stereocenters. The fraction of sp³-hybridized carbons (Fsp3) is 0.350. The van der Waals surface area contributed by atoms with E-state index in [9.17, 15) is 4.79 Å². The van der Waals surface area contributed by atoms with E-state index in [4.69, 9.17) is 4.98 Å². The van der Waals surface area contributed by atoms with Crippen LogP contribution in [0.3, 0.4) is 0 Å². The van der Waals surface area contributed by atoms with Crippen LogP contribution in [0.2, 0.25) is 0 Å². The normalized spacial score (nSPS) is 12.7. The van der Waals surface area contributed by atoms with E-state index in [0.717, 1.165) is 16.9 Å². The lowest BCUT2D eigenvalue weighted by Gasteiger charge is -2.24. The molecule has 0 bridgehead atoms. The first kappa shape index (κ1) is 17.1. The smallest absolute Gasteiger partial charge is 0.251 e. The van der Waals surface area contributed by atoms with Crippen LogP contribution in [0, 0.1) is 5.92 Å². The Kier molecular flexibility index (Phi) is 4.83. The van der Waals surface area contributed by atoms with Crippen LogP contribution in [-0.4, -0.2) is 20.4 Å². The van der Waals surface area contributed by atoms with Crippen molar-refractivity contribution in [2.75, 3.05) is 0 Å². The molecule has 3 rings (SSSR count). The maximum atomic E-state index is 12.7. The molecule has 130 valence electrons. The van der Waals surface area contributed by atoms with Gasteiger partial charge in [0, 0.05) is 24.0 Å². The molecule has 5 nitrogen and oxygen atoms in total. The van der Waals surface area contributed by atoms with Gasteiger partial charge in [0.15, 0.2) is 0 Å². The van der Waals surface area contributed by atoms with Gasteiger partial charge in [-0.15, -0.1) is 0 Å². The van der Waals surface area contributed by atoms with Crippen molar-refractivity contribution in [1.29, 1.82) is 0 Å². The van der Waals surface area contributed by atoms with Gasteiger partial charge in [0.1, 0.15) is 5.82 Å². The summed E-state index contributed by atoms with van der Waals surface area (Å²) in [4.78, 5) is 21.5. The van der Waals surface area contributed by atoms with Crippen LogP contribution in [0.5, 0.6) is 0 Å². The summed E-state index contributed by atoms with van der Waals surface area (Å²) in [5, 5.41) is 3.16. The zero-order chi connectivity index (χ0) is 18.0. The van der Waals surface area contributed by atoms with E-state index in [2.05, 4.69) is 48.6 Å². The number of nitrogens with one attached hydrogen (secondary N) is 1. The fourth-order valence-electron chi connectivity index (χ4n) is 3.08. The average Bonchev–Trinajstić information content (AvgIpc) is 2.99. The van der Waals surface area contributed by atoms with Gasteiger partial charge in [-0.05, 0) is 44.0 Å². The summed E-state index contributed by atoms with van der Waals surface area (Å²) in [5.74, 6) is 0.997. The Labute approximate surface area is 148 Å². The summed E-state index contributed by atoms with van der Waals surface area (Å²) in [6.07, 6.45) is 3.26. The SMILES string of the molecule is CC(C)[C@H](NC(=O)c1ccncc1)c1nc2ccccc2n1C(C)C. The summed E-state index contributed by atoms with van der Waals surface area (Å²) < 4.78 is 2.22. The second kappa shape index (κ2) is 7.05. The monoisotopic (exact) mass is 336 g/mol. The van der Waals surface area contributed by atoms with E-state index < -0.39 is 0 Å². The topological polar surface area (TPSA) is 59.8 Å². The van der Waals surface area contributed by atoms with Crippen molar-refractivity contribution in [2.24, 2.45) is 5.92 Å². The molecular weight excluding hydrogens is 312 g/mol. The van der Waals surface area contributed by atoms with Gasteiger partial charge in [0.05, 0.1) is 17.1 Å². The molecule has 0 aliphatic heterocycles. The Bertz CT molecular complexity index is 868. The molecule has 1 N–H and O–H groups in total. The summed E-state index contributed by atoms with van der Waals surface area (Å²) in [7, 11) is 0. The van der Waals surface area contributed by atoms with Crippen molar-refractivity contribution in [2.45, 2.75) is 39.8 Å². The minimum Gasteiger partial charge on any atom is -0.342 e. The molecule has 1 amide bonds. The maximum absolute atomic E-state index is 12.7. The standard InChI is InChI=1S/C20H24N4O/c1-13(2)18(23-20(25)15-9-11-21-12-10-15)19-22-16-7-5-6-8-17(16)24(19)14(3)4/h5-14,18H,1-4H3,(H,23,25)/t18-/m0/s1. The highest BCUT2D eigenvalue weighted by molar-refractivity contribution is 5.94. The second-order valence-electron chi connectivity index (χ2n) is 6.85. The Morgan fingerprint density at radius 3 is 2.36 bits per heavy atom. The van der Waals surface area contributed by atoms with E-state index in [-0.39, 0.29) is 23.9 Å². The Hall–Kier alpha value is -2.69. The Morgan fingerprint density at radius 1 is 1.04 bits per heavy atom. The third-order valence-corrected chi connectivity index (χ3v) is 4.31. The first-order valence-corrected chi connectivity index (χ1v) is 8.66. The largest absolute Gasteiger partial charge is 0.342 e. The van der Waals surface area contributed by atoms with Gasteiger partial charge >= 0.3 is 0 Å². The van der Waals surface area contributed by atoms with E-state index in [1.807, 2.05) is 18.2 Å². The van der Waals surface area contributed by atoms with E-state index in [0.29, 0.717) is 5.56 Å². The lowest BCUT2D eigenvalue weighted by Crippen LogP contribution is -2.34. The van der Waals surface area contributed by atoms with Crippen molar-refractivity contribution in [1.82, 2.24) is 19.9 Å². The molecule has 2 heterocycles. The van der Waals surface area contributed by atoms with Crippen molar-refractivity contribution < 1.29 is 4.79 Å². The second-order valence-corrected chi connectivity index (χ2v) is 6.85. The molecule has 0 radical (unpaired) electrons. The molecular formula is C20H24N4O. The van der Waals surface area contributed by atoms with Crippen molar-refractivity contribution in [3.63, 3.8) is 0 Å². The van der Waals surface area contributed by atoms with Gasteiger partial charge in [-0.1, -0.05) is 26.0 Å². The molecule has 25 heavy (non-hydrogen) atoms. The number of nitrogens with zero attached hydrogens (tertiary/aromatic N) is 3. The van der Waals surface area contributed by atoms with Crippen molar-refractivity contribution in [3.05, 3.63) is 60.2 Å². The third-order valence-electron chi connectivity index (χ3n) is 4.31. The van der Waals surface area contributed by atoms with E-state index >= 15 is 0 Å². The molecule has 0 aliphatic carbocycles. The number of hydrogen-bond acceptors (Lipinski definition) is 3. The van der Waals surface area contributed by atoms with Gasteiger partial charge in [0.25, 0.3) is 5.91 Å². The molecule has 1 aromatic carbocycles. The van der Waals surface area contributed by atoms with E-state index in [1.54, 1.807) is 24.5 Å². The molecule has 0 saturated carbocycles. The number of benzene rings is 1. The molecule has 0 saturated heterocycles. The number of imidazole rings is 1. The number of fused-ring (bicyclic) bond motifs is 1. The summed E-state index contributed by atoms with van der Waals surface area (Å²) in [5.41, 5.74) is 2.65. The average molecular weight is 336 g/mol. The highest BCUT2D eigenvalue weighted by Gasteiger charge is 2.26. The quantitative estimate of drug-likeness (QED) is 0.762. The van der Waals surface area contributed by atoms with Gasteiger partial charge in [-0.25, -0.2) is 4.98 Å². The maximum Gasteiger partial charge on any atom is 0.251 e. The molecule has 2 aromatic heterocycles. The van der Waals surface area contributed by atoms with Gasteiger partial charge < -0.3 is 9.88 Å². The Balaban J connectivity index is 2.03. The van der Waals surface area contributed by atoms with Gasteiger partial charge in [-0.2, -0.15) is 0 Å². The van der Waals surface area contributed by atoms with Gasteiger partial charge in [0.2, 0.25) is 0 Å². The summed E-state index contributed by atoms with van der Waals surface area (Å²) in [6.45, 7) is 8.47. The highest BCUT2D eigenvalue weighted by atomic mass is 16.1. The predicted octanol–water partition coefficient (Wildman–Crippen LogP) is 4.14. The number of carbonyl (C=O) groups is 1. The third kappa shape index (κ3) is 3.40. The minimum atomic E-state index is -0.171. The highest BCUT2D eigenvalue weighted by Crippen LogP contribution is 2.29. The van der Waals surface area contributed by atoms with Crippen LogP contribution in [0.4, 0.5) is 0 Å². The number of rotatable bonds is 5. The number of pyridine rings is 1. The van der Waals surface area contributed by atoms with Crippen molar-refractivity contribution in [3.8, 4) is 0 Å². The number of aromatic nitrogens is 3. The van der Waals surface area contributed by atoms with Crippen LogP contribution in [0.25, 0.3) is 11.0 Å². The van der Waals surface area contributed by atoms with Crippen LogP contribution < -0.4 is 5.32 Å².